The maximum Gasteiger partial charge on any atom is 0.387 e. The first kappa shape index (κ1) is 14.4. The molecule has 0 amide bonds. The van der Waals surface area contributed by atoms with Crippen LogP contribution in [0.1, 0.15) is 5.56 Å². The molecule has 0 heterocycles. The summed E-state index contributed by atoms with van der Waals surface area (Å²) in [6, 6.07) is 4.85. The molecule has 94 valence electrons. The molecule has 1 aromatic rings. The molecule has 0 spiro atoms. The third-order valence-electron chi connectivity index (χ3n) is 2.02. The van der Waals surface area contributed by atoms with E-state index in [4.69, 9.17) is 0 Å². The molecule has 17 heavy (non-hydrogen) atoms. The lowest BCUT2D eigenvalue weighted by molar-refractivity contribution is -0.116. The summed E-state index contributed by atoms with van der Waals surface area (Å²) in [6.45, 7) is -2.88. The second-order valence-electron chi connectivity index (χ2n) is 3.20. The average molecular weight is 325 g/mol. The molecular formula is C11H11BrF2O2S. The van der Waals surface area contributed by atoms with Crippen molar-refractivity contribution in [2.75, 3.05) is 11.6 Å². The zero-order valence-corrected chi connectivity index (χ0v) is 11.5. The third-order valence-corrected chi connectivity index (χ3v) is 3.37. The SMILES string of the molecule is CSc1ccc(OC(F)F)c(CC(=O)CBr)c1. The molecule has 6 heteroatoms. The minimum absolute atomic E-state index is 0.0621. The summed E-state index contributed by atoms with van der Waals surface area (Å²) in [5.74, 6) is -0.0190. The van der Waals surface area contributed by atoms with Gasteiger partial charge in [-0.1, -0.05) is 15.9 Å². The molecule has 0 N–H and O–H groups in total. The summed E-state index contributed by atoms with van der Waals surface area (Å²) >= 11 is 4.52. The lowest BCUT2D eigenvalue weighted by atomic mass is 10.1. The molecule has 0 saturated heterocycles. The fourth-order valence-corrected chi connectivity index (χ4v) is 1.95. The van der Waals surface area contributed by atoms with Crippen molar-refractivity contribution in [3.8, 4) is 5.75 Å². The Morgan fingerprint density at radius 3 is 2.76 bits per heavy atom. The summed E-state index contributed by atoms with van der Waals surface area (Å²) in [5.41, 5.74) is 0.488. The summed E-state index contributed by atoms with van der Waals surface area (Å²) < 4.78 is 28.7. The minimum Gasteiger partial charge on any atom is -0.435 e. The number of hydrogen-bond acceptors (Lipinski definition) is 3. The van der Waals surface area contributed by atoms with Crippen molar-refractivity contribution in [2.24, 2.45) is 0 Å². The lowest BCUT2D eigenvalue weighted by Crippen LogP contribution is -2.09. The van der Waals surface area contributed by atoms with Crippen molar-refractivity contribution in [2.45, 2.75) is 17.9 Å². The Kier molecular flexibility index (Phi) is 5.91. The average Bonchev–Trinajstić information content (AvgIpc) is 2.30. The van der Waals surface area contributed by atoms with Gasteiger partial charge in [0, 0.05) is 16.9 Å². The van der Waals surface area contributed by atoms with Crippen molar-refractivity contribution in [3.05, 3.63) is 23.8 Å². The second-order valence-corrected chi connectivity index (χ2v) is 4.64. The van der Waals surface area contributed by atoms with Crippen LogP contribution >= 0.6 is 27.7 Å². The van der Waals surface area contributed by atoms with Crippen molar-refractivity contribution >= 4 is 33.5 Å². The zero-order chi connectivity index (χ0) is 12.8. The molecule has 0 fully saturated rings. The number of carbonyl (C=O) groups is 1. The molecule has 0 aliphatic rings. The number of carbonyl (C=O) groups excluding carboxylic acids is 1. The van der Waals surface area contributed by atoms with E-state index in [9.17, 15) is 13.6 Å². The van der Waals surface area contributed by atoms with E-state index >= 15 is 0 Å². The summed E-state index contributed by atoms with van der Waals surface area (Å²) in [4.78, 5) is 12.2. The summed E-state index contributed by atoms with van der Waals surface area (Å²) in [7, 11) is 0. The van der Waals surface area contributed by atoms with Gasteiger partial charge in [0.2, 0.25) is 0 Å². The van der Waals surface area contributed by atoms with Crippen LogP contribution in [0.25, 0.3) is 0 Å². The highest BCUT2D eigenvalue weighted by Crippen LogP contribution is 2.26. The van der Waals surface area contributed by atoms with Gasteiger partial charge < -0.3 is 4.74 Å². The van der Waals surface area contributed by atoms with E-state index in [-0.39, 0.29) is 23.3 Å². The monoisotopic (exact) mass is 324 g/mol. The molecule has 0 aliphatic heterocycles. The number of benzene rings is 1. The number of Topliss-reactive ketones (excluding diaryl/α,β-unsaturated/α-hetero) is 1. The summed E-state index contributed by atoms with van der Waals surface area (Å²) in [5, 5.41) is 0.199. The summed E-state index contributed by atoms with van der Waals surface area (Å²) in [6.07, 6.45) is 1.96. The first-order valence-electron chi connectivity index (χ1n) is 4.76. The lowest BCUT2D eigenvalue weighted by Gasteiger charge is -2.11. The van der Waals surface area contributed by atoms with Crippen LogP contribution in [0.3, 0.4) is 0 Å². The maximum absolute atomic E-state index is 12.2. The van der Waals surface area contributed by atoms with Gasteiger partial charge in [-0.15, -0.1) is 11.8 Å². The maximum atomic E-state index is 12.2. The Balaban J connectivity index is 2.98. The van der Waals surface area contributed by atoms with Crippen molar-refractivity contribution < 1.29 is 18.3 Å². The largest absolute Gasteiger partial charge is 0.435 e. The number of ketones is 1. The predicted molar refractivity (Wildman–Crippen MR) is 67.4 cm³/mol. The van der Waals surface area contributed by atoms with Crippen LogP contribution in [-0.2, 0) is 11.2 Å². The number of thioether (sulfide) groups is 1. The van der Waals surface area contributed by atoms with Crippen LogP contribution < -0.4 is 4.74 Å². The zero-order valence-electron chi connectivity index (χ0n) is 9.08. The van der Waals surface area contributed by atoms with E-state index in [1.165, 1.54) is 17.8 Å². The first-order chi connectivity index (χ1) is 8.06. The van der Waals surface area contributed by atoms with Gasteiger partial charge in [0.05, 0.1) is 5.33 Å². The van der Waals surface area contributed by atoms with Gasteiger partial charge in [-0.2, -0.15) is 8.78 Å². The van der Waals surface area contributed by atoms with E-state index in [1.54, 1.807) is 12.1 Å². The van der Waals surface area contributed by atoms with Gasteiger partial charge in [0.25, 0.3) is 0 Å². The fourth-order valence-electron chi connectivity index (χ4n) is 1.29. The topological polar surface area (TPSA) is 26.3 Å². The van der Waals surface area contributed by atoms with Gasteiger partial charge in [-0.05, 0) is 24.5 Å². The Labute approximate surface area is 111 Å². The number of rotatable bonds is 6. The minimum atomic E-state index is -2.88. The van der Waals surface area contributed by atoms with E-state index < -0.39 is 6.61 Å². The molecule has 0 atom stereocenters. The third kappa shape index (κ3) is 4.63. The van der Waals surface area contributed by atoms with Gasteiger partial charge in [-0.3, -0.25) is 4.79 Å². The van der Waals surface area contributed by atoms with Crippen molar-refractivity contribution in [3.63, 3.8) is 0 Å². The molecule has 0 aromatic heterocycles. The molecular weight excluding hydrogens is 314 g/mol. The van der Waals surface area contributed by atoms with Gasteiger partial charge in [0.1, 0.15) is 11.5 Å². The molecule has 0 aliphatic carbocycles. The molecule has 0 saturated carbocycles. The quantitative estimate of drug-likeness (QED) is 0.591. The fraction of sp³-hybridized carbons (Fsp3) is 0.364. The molecule has 0 bridgehead atoms. The van der Waals surface area contributed by atoms with Crippen molar-refractivity contribution in [1.82, 2.24) is 0 Å². The normalized spacial score (nSPS) is 10.6. The molecule has 2 nitrogen and oxygen atoms in total. The van der Waals surface area contributed by atoms with Crippen LogP contribution in [0.15, 0.2) is 23.1 Å². The highest BCUT2D eigenvalue weighted by molar-refractivity contribution is 9.09. The standard InChI is InChI=1S/C11H11BrF2O2S/c1-17-9-2-3-10(16-11(13)14)7(5-9)4-8(15)6-12/h2-3,5,11H,4,6H2,1H3. The van der Waals surface area contributed by atoms with E-state index in [0.717, 1.165) is 4.90 Å². The van der Waals surface area contributed by atoms with Crippen LogP contribution in [-0.4, -0.2) is 24.0 Å². The molecule has 1 aromatic carbocycles. The molecule has 0 unspecified atom stereocenters. The molecule has 1 rings (SSSR count). The highest BCUT2D eigenvalue weighted by Gasteiger charge is 2.13. The number of alkyl halides is 3. The van der Waals surface area contributed by atoms with E-state index in [0.29, 0.717) is 5.56 Å². The number of halogens is 3. The van der Waals surface area contributed by atoms with E-state index in [1.807, 2.05) is 6.26 Å². The van der Waals surface area contributed by atoms with E-state index in [2.05, 4.69) is 20.7 Å². The number of hydrogen-bond donors (Lipinski definition) is 0. The Hall–Kier alpha value is -0.620. The number of ether oxygens (including phenoxy) is 1. The smallest absolute Gasteiger partial charge is 0.387 e. The van der Waals surface area contributed by atoms with Crippen LogP contribution in [0.5, 0.6) is 5.75 Å². The van der Waals surface area contributed by atoms with Gasteiger partial charge >= 0.3 is 6.61 Å². The van der Waals surface area contributed by atoms with Crippen LogP contribution in [0.4, 0.5) is 8.78 Å². The Morgan fingerprint density at radius 1 is 1.53 bits per heavy atom. The van der Waals surface area contributed by atoms with Crippen LogP contribution in [0.2, 0.25) is 0 Å². The van der Waals surface area contributed by atoms with Crippen molar-refractivity contribution in [1.29, 1.82) is 0 Å². The van der Waals surface area contributed by atoms with Gasteiger partial charge in [0.15, 0.2) is 0 Å². The second kappa shape index (κ2) is 6.96. The highest BCUT2D eigenvalue weighted by atomic mass is 79.9. The first-order valence-corrected chi connectivity index (χ1v) is 7.10. The molecule has 0 radical (unpaired) electrons. The Bertz CT molecular complexity index is 399. The predicted octanol–water partition coefficient (Wildman–Crippen LogP) is 3.52. The Morgan fingerprint density at radius 2 is 2.24 bits per heavy atom. The van der Waals surface area contributed by atoms with Gasteiger partial charge in [-0.25, -0.2) is 0 Å². The van der Waals surface area contributed by atoms with Crippen LogP contribution in [0, 0.1) is 0 Å².